The molecule has 176 valence electrons. The van der Waals surface area contributed by atoms with E-state index in [-0.39, 0.29) is 5.91 Å². The lowest BCUT2D eigenvalue weighted by Gasteiger charge is -2.29. The predicted molar refractivity (Wildman–Crippen MR) is 139 cm³/mol. The Bertz CT molecular complexity index is 1050. The van der Waals surface area contributed by atoms with Gasteiger partial charge in [0.05, 0.1) is 30.5 Å². The number of hydrogen-bond acceptors (Lipinski definition) is 8. The van der Waals surface area contributed by atoms with Crippen molar-refractivity contribution in [3.05, 3.63) is 42.5 Å². The molecule has 0 radical (unpaired) electrons. The Labute approximate surface area is 207 Å². The summed E-state index contributed by atoms with van der Waals surface area (Å²) in [5.41, 5.74) is 0.949. The van der Waals surface area contributed by atoms with Crippen LogP contribution in [0.15, 0.2) is 52.3 Å². The predicted octanol–water partition coefficient (Wildman–Crippen LogP) is 4.87. The number of aromatic nitrogens is 1. The lowest BCUT2D eigenvalue weighted by Crippen LogP contribution is -2.43. The van der Waals surface area contributed by atoms with E-state index in [4.69, 9.17) is 14.5 Å². The number of carbonyl (C=O) groups excluding carboxylic acids is 1. The second-order valence-electron chi connectivity index (χ2n) is 7.60. The number of methoxy groups -OCH3 is 1. The van der Waals surface area contributed by atoms with Crippen LogP contribution in [0.2, 0.25) is 0 Å². The first-order chi connectivity index (χ1) is 16.2. The SMILES string of the molecule is COc1ccc(SCCC(=O)N(CCN2CCOCC2)c2nc3ccc(SC)cc3s2)cc1. The first kappa shape index (κ1) is 24.3. The Balaban J connectivity index is 1.44. The molecule has 0 atom stereocenters. The molecule has 0 aliphatic carbocycles. The van der Waals surface area contributed by atoms with Gasteiger partial charge in [0.1, 0.15) is 5.75 Å². The monoisotopic (exact) mass is 503 g/mol. The lowest BCUT2D eigenvalue weighted by atomic mass is 10.3. The van der Waals surface area contributed by atoms with E-state index in [1.165, 1.54) is 4.90 Å². The topological polar surface area (TPSA) is 54.9 Å². The zero-order valence-corrected chi connectivity index (χ0v) is 21.4. The number of thioether (sulfide) groups is 2. The first-order valence-corrected chi connectivity index (χ1v) is 14.0. The fourth-order valence-electron chi connectivity index (χ4n) is 3.59. The summed E-state index contributed by atoms with van der Waals surface area (Å²) in [6.45, 7) is 4.79. The number of nitrogens with zero attached hydrogens (tertiary/aromatic N) is 3. The second kappa shape index (κ2) is 12.1. The highest BCUT2D eigenvalue weighted by Gasteiger charge is 2.21. The van der Waals surface area contributed by atoms with E-state index in [9.17, 15) is 4.79 Å². The number of thiazole rings is 1. The van der Waals surface area contributed by atoms with Crippen molar-refractivity contribution in [2.45, 2.75) is 16.2 Å². The fraction of sp³-hybridized carbons (Fsp3) is 0.417. The van der Waals surface area contributed by atoms with Gasteiger partial charge in [-0.2, -0.15) is 0 Å². The van der Waals surface area contributed by atoms with Crippen molar-refractivity contribution in [1.82, 2.24) is 9.88 Å². The number of morpholine rings is 1. The van der Waals surface area contributed by atoms with E-state index < -0.39 is 0 Å². The normalized spacial score (nSPS) is 14.5. The molecular formula is C24H29N3O3S3. The zero-order chi connectivity index (χ0) is 23.0. The highest BCUT2D eigenvalue weighted by molar-refractivity contribution is 7.99. The van der Waals surface area contributed by atoms with Crippen LogP contribution >= 0.6 is 34.9 Å². The van der Waals surface area contributed by atoms with Gasteiger partial charge in [0.25, 0.3) is 0 Å². The Morgan fingerprint density at radius 3 is 2.67 bits per heavy atom. The summed E-state index contributed by atoms with van der Waals surface area (Å²) in [5.74, 6) is 1.68. The van der Waals surface area contributed by atoms with Crippen molar-refractivity contribution >= 4 is 56.1 Å². The molecule has 1 fully saturated rings. The molecule has 0 saturated carbocycles. The van der Waals surface area contributed by atoms with E-state index in [0.717, 1.165) is 64.6 Å². The molecule has 6 nitrogen and oxygen atoms in total. The summed E-state index contributed by atoms with van der Waals surface area (Å²) in [6.07, 6.45) is 2.54. The molecule has 2 aromatic carbocycles. The van der Waals surface area contributed by atoms with Crippen molar-refractivity contribution in [1.29, 1.82) is 0 Å². The molecular weight excluding hydrogens is 474 g/mol. The molecule has 0 N–H and O–H groups in total. The van der Waals surface area contributed by atoms with Crippen LogP contribution in [0.25, 0.3) is 10.2 Å². The van der Waals surface area contributed by atoms with Crippen LogP contribution in [0.1, 0.15) is 6.42 Å². The molecule has 1 saturated heterocycles. The fourth-order valence-corrected chi connectivity index (χ4v) is 5.99. The Morgan fingerprint density at radius 1 is 1.18 bits per heavy atom. The minimum Gasteiger partial charge on any atom is -0.497 e. The maximum absolute atomic E-state index is 13.3. The summed E-state index contributed by atoms with van der Waals surface area (Å²) in [7, 11) is 1.66. The quantitative estimate of drug-likeness (QED) is 0.366. The van der Waals surface area contributed by atoms with Gasteiger partial charge in [0.15, 0.2) is 5.13 Å². The average molecular weight is 504 g/mol. The van der Waals surface area contributed by atoms with E-state index in [1.54, 1.807) is 42.0 Å². The Morgan fingerprint density at radius 2 is 1.94 bits per heavy atom. The van der Waals surface area contributed by atoms with Gasteiger partial charge in [-0.05, 0) is 48.7 Å². The third-order valence-corrected chi connectivity index (χ3v) is 8.28. The number of amides is 1. The van der Waals surface area contributed by atoms with Gasteiger partial charge in [-0.25, -0.2) is 4.98 Å². The molecule has 0 unspecified atom stereocenters. The highest BCUT2D eigenvalue weighted by atomic mass is 32.2. The van der Waals surface area contributed by atoms with Gasteiger partial charge in [-0.3, -0.25) is 14.6 Å². The van der Waals surface area contributed by atoms with E-state index in [2.05, 4.69) is 23.3 Å². The summed E-state index contributed by atoms with van der Waals surface area (Å²) in [6, 6.07) is 14.2. The molecule has 9 heteroatoms. The molecule has 4 rings (SSSR count). The van der Waals surface area contributed by atoms with Crippen molar-refractivity contribution < 1.29 is 14.3 Å². The summed E-state index contributed by atoms with van der Waals surface area (Å²) in [4.78, 5) is 24.7. The lowest BCUT2D eigenvalue weighted by molar-refractivity contribution is -0.118. The molecule has 33 heavy (non-hydrogen) atoms. The number of hydrogen-bond donors (Lipinski definition) is 0. The van der Waals surface area contributed by atoms with Gasteiger partial charge in [-0.1, -0.05) is 11.3 Å². The number of anilines is 1. The number of ether oxygens (including phenoxy) is 2. The third kappa shape index (κ3) is 6.64. The van der Waals surface area contributed by atoms with Crippen LogP contribution < -0.4 is 9.64 Å². The van der Waals surface area contributed by atoms with Crippen LogP contribution in [-0.2, 0) is 9.53 Å². The standard InChI is InChI=1S/C24H29N3O3S3/c1-29-18-3-5-19(6-4-18)32-16-9-23(28)27(11-10-26-12-14-30-15-13-26)24-25-21-8-7-20(31-2)17-22(21)33-24/h3-8,17H,9-16H2,1-2H3. The van der Waals surface area contributed by atoms with Crippen LogP contribution in [0, 0.1) is 0 Å². The van der Waals surface area contributed by atoms with Crippen LogP contribution in [-0.4, -0.2) is 74.3 Å². The smallest absolute Gasteiger partial charge is 0.229 e. The number of carbonyl (C=O) groups is 1. The van der Waals surface area contributed by atoms with Gasteiger partial charge in [0, 0.05) is 48.1 Å². The van der Waals surface area contributed by atoms with E-state index >= 15 is 0 Å². The number of rotatable bonds is 10. The molecule has 1 aromatic heterocycles. The molecule has 1 amide bonds. The van der Waals surface area contributed by atoms with Gasteiger partial charge in [0.2, 0.25) is 5.91 Å². The van der Waals surface area contributed by atoms with Crippen LogP contribution in [0.5, 0.6) is 5.75 Å². The van der Waals surface area contributed by atoms with Crippen LogP contribution in [0.3, 0.4) is 0 Å². The largest absolute Gasteiger partial charge is 0.497 e. The second-order valence-corrected chi connectivity index (χ2v) is 10.7. The molecule has 0 bridgehead atoms. The number of benzene rings is 2. The maximum atomic E-state index is 13.3. The molecule has 3 aromatic rings. The van der Waals surface area contributed by atoms with Gasteiger partial charge >= 0.3 is 0 Å². The Kier molecular flexibility index (Phi) is 8.91. The minimum atomic E-state index is 0.119. The third-order valence-electron chi connectivity index (χ3n) is 5.50. The van der Waals surface area contributed by atoms with Crippen molar-refractivity contribution in [3.63, 3.8) is 0 Å². The molecule has 1 aliphatic rings. The molecule has 2 heterocycles. The van der Waals surface area contributed by atoms with Crippen molar-refractivity contribution in [2.24, 2.45) is 0 Å². The molecule has 1 aliphatic heterocycles. The van der Waals surface area contributed by atoms with Crippen molar-refractivity contribution in [2.75, 3.05) is 63.4 Å². The summed E-state index contributed by atoms with van der Waals surface area (Å²) >= 11 is 5.00. The maximum Gasteiger partial charge on any atom is 0.229 e. The summed E-state index contributed by atoms with van der Waals surface area (Å²) in [5, 5.41) is 0.788. The van der Waals surface area contributed by atoms with Gasteiger partial charge in [-0.15, -0.1) is 23.5 Å². The average Bonchev–Trinajstić information content (AvgIpc) is 3.28. The molecule has 0 spiro atoms. The van der Waals surface area contributed by atoms with E-state index in [0.29, 0.717) is 13.0 Å². The zero-order valence-electron chi connectivity index (χ0n) is 19.0. The summed E-state index contributed by atoms with van der Waals surface area (Å²) < 4.78 is 11.8. The minimum absolute atomic E-state index is 0.119. The van der Waals surface area contributed by atoms with Gasteiger partial charge < -0.3 is 9.47 Å². The van der Waals surface area contributed by atoms with Crippen molar-refractivity contribution in [3.8, 4) is 5.75 Å². The first-order valence-electron chi connectivity index (χ1n) is 11.0. The highest BCUT2D eigenvalue weighted by Crippen LogP contribution is 2.32. The Hall–Kier alpha value is -1.78. The van der Waals surface area contributed by atoms with E-state index in [1.807, 2.05) is 35.2 Å². The number of fused-ring (bicyclic) bond motifs is 1. The van der Waals surface area contributed by atoms with Crippen LogP contribution in [0.4, 0.5) is 5.13 Å².